The molecule has 2 rings (SSSR count). The van der Waals surface area contributed by atoms with Gasteiger partial charge in [0.25, 0.3) is 0 Å². The Hall–Kier alpha value is -0.120. The molecule has 1 saturated carbocycles. The molecule has 0 spiro atoms. The van der Waals surface area contributed by atoms with E-state index in [0.717, 1.165) is 13.2 Å². The maximum absolute atomic E-state index is 5.60. The van der Waals surface area contributed by atoms with Crippen molar-refractivity contribution in [3.63, 3.8) is 0 Å². The van der Waals surface area contributed by atoms with Crippen molar-refractivity contribution >= 4 is 0 Å². The topological polar surface area (TPSA) is 33.3 Å². The highest BCUT2D eigenvalue weighted by molar-refractivity contribution is 4.97. The van der Waals surface area contributed by atoms with Crippen LogP contribution in [0.2, 0.25) is 0 Å². The van der Waals surface area contributed by atoms with Gasteiger partial charge in [-0.25, -0.2) is 0 Å². The molecule has 0 amide bonds. The monoisotopic (exact) mass is 240 g/mol. The quantitative estimate of drug-likeness (QED) is 0.715. The number of ether oxygens (including phenoxy) is 1. The molecule has 0 bridgehead atoms. The maximum Gasteiger partial charge on any atom is 0.0604 e. The average molecular weight is 240 g/mol. The second-order valence-electron chi connectivity index (χ2n) is 5.69. The van der Waals surface area contributed by atoms with Crippen LogP contribution in [0.4, 0.5) is 0 Å². The van der Waals surface area contributed by atoms with Crippen LogP contribution < -0.4 is 10.6 Å². The Kier molecular flexibility index (Phi) is 4.83. The summed E-state index contributed by atoms with van der Waals surface area (Å²) in [5.74, 6) is 0. The van der Waals surface area contributed by atoms with E-state index < -0.39 is 0 Å². The molecule has 2 aliphatic rings. The smallest absolute Gasteiger partial charge is 0.0604 e. The summed E-state index contributed by atoms with van der Waals surface area (Å²) in [5, 5.41) is 7.45. The average Bonchev–Trinajstić information content (AvgIpc) is 2.71. The molecule has 0 aromatic rings. The minimum atomic E-state index is 0.394. The SMILES string of the molecule is CCCC1(CNC2CC(OCC)C2)CCCN1. The van der Waals surface area contributed by atoms with Gasteiger partial charge in [-0.1, -0.05) is 13.3 Å². The second-order valence-corrected chi connectivity index (χ2v) is 5.69. The molecule has 1 heterocycles. The lowest BCUT2D eigenvalue weighted by atomic mass is 9.86. The first-order chi connectivity index (χ1) is 8.28. The van der Waals surface area contributed by atoms with Crippen LogP contribution in [-0.4, -0.2) is 37.4 Å². The van der Waals surface area contributed by atoms with Gasteiger partial charge in [0.05, 0.1) is 6.10 Å². The number of rotatable bonds is 7. The van der Waals surface area contributed by atoms with Gasteiger partial charge in [-0.2, -0.15) is 0 Å². The first kappa shape index (κ1) is 13.3. The Bertz CT molecular complexity index is 220. The van der Waals surface area contributed by atoms with Crippen molar-refractivity contribution in [2.24, 2.45) is 0 Å². The van der Waals surface area contributed by atoms with Crippen molar-refractivity contribution < 1.29 is 4.74 Å². The summed E-state index contributed by atoms with van der Waals surface area (Å²) in [7, 11) is 0. The van der Waals surface area contributed by atoms with E-state index in [1.165, 1.54) is 45.1 Å². The summed E-state index contributed by atoms with van der Waals surface area (Å²) in [5.41, 5.74) is 0.394. The number of nitrogens with one attached hydrogen (secondary N) is 2. The van der Waals surface area contributed by atoms with Gasteiger partial charge in [0.1, 0.15) is 0 Å². The van der Waals surface area contributed by atoms with Crippen LogP contribution in [0.3, 0.4) is 0 Å². The van der Waals surface area contributed by atoms with Crippen LogP contribution in [0, 0.1) is 0 Å². The first-order valence-electron chi connectivity index (χ1n) is 7.38. The van der Waals surface area contributed by atoms with Crippen molar-refractivity contribution in [3.8, 4) is 0 Å². The van der Waals surface area contributed by atoms with E-state index in [-0.39, 0.29) is 0 Å². The van der Waals surface area contributed by atoms with E-state index in [0.29, 0.717) is 17.7 Å². The highest BCUT2D eigenvalue weighted by atomic mass is 16.5. The molecule has 2 fully saturated rings. The Morgan fingerprint density at radius 3 is 2.76 bits per heavy atom. The molecule has 1 atom stereocenters. The van der Waals surface area contributed by atoms with Gasteiger partial charge in [-0.05, 0) is 45.6 Å². The van der Waals surface area contributed by atoms with E-state index in [4.69, 9.17) is 4.74 Å². The standard InChI is InChI=1S/C14H28N2O/c1-3-6-14(7-5-8-16-14)11-15-12-9-13(10-12)17-4-2/h12-13,15-16H,3-11H2,1-2H3. The molecule has 1 aliphatic heterocycles. The van der Waals surface area contributed by atoms with Crippen LogP contribution in [0.5, 0.6) is 0 Å². The van der Waals surface area contributed by atoms with E-state index in [1.807, 2.05) is 0 Å². The highest BCUT2D eigenvalue weighted by Crippen LogP contribution is 2.27. The molecule has 1 unspecified atom stereocenters. The zero-order chi connectivity index (χ0) is 12.1. The molecular weight excluding hydrogens is 212 g/mol. The van der Waals surface area contributed by atoms with Gasteiger partial charge in [-0.3, -0.25) is 0 Å². The van der Waals surface area contributed by atoms with Gasteiger partial charge < -0.3 is 15.4 Å². The Balaban J connectivity index is 1.67. The molecule has 3 nitrogen and oxygen atoms in total. The minimum absolute atomic E-state index is 0.394. The molecule has 1 saturated heterocycles. The van der Waals surface area contributed by atoms with Crippen molar-refractivity contribution in [2.75, 3.05) is 19.7 Å². The highest BCUT2D eigenvalue weighted by Gasteiger charge is 2.35. The van der Waals surface area contributed by atoms with Gasteiger partial charge in [0.15, 0.2) is 0 Å². The number of hydrogen-bond acceptors (Lipinski definition) is 3. The van der Waals surface area contributed by atoms with Crippen LogP contribution in [0.25, 0.3) is 0 Å². The molecule has 0 aromatic carbocycles. The van der Waals surface area contributed by atoms with E-state index in [9.17, 15) is 0 Å². The first-order valence-corrected chi connectivity index (χ1v) is 7.38. The molecular formula is C14H28N2O. The Morgan fingerprint density at radius 2 is 2.18 bits per heavy atom. The molecule has 2 N–H and O–H groups in total. The molecule has 0 radical (unpaired) electrons. The number of hydrogen-bond donors (Lipinski definition) is 2. The van der Waals surface area contributed by atoms with E-state index in [2.05, 4.69) is 24.5 Å². The summed E-state index contributed by atoms with van der Waals surface area (Å²) in [6.45, 7) is 7.58. The Morgan fingerprint density at radius 1 is 1.35 bits per heavy atom. The van der Waals surface area contributed by atoms with Gasteiger partial charge in [0.2, 0.25) is 0 Å². The van der Waals surface area contributed by atoms with Crippen molar-refractivity contribution in [1.82, 2.24) is 10.6 Å². The van der Waals surface area contributed by atoms with E-state index in [1.54, 1.807) is 0 Å². The summed E-state index contributed by atoms with van der Waals surface area (Å²) >= 11 is 0. The van der Waals surface area contributed by atoms with Crippen molar-refractivity contribution in [3.05, 3.63) is 0 Å². The van der Waals surface area contributed by atoms with Crippen LogP contribution in [0.15, 0.2) is 0 Å². The fourth-order valence-electron chi connectivity index (χ4n) is 3.24. The lowest BCUT2D eigenvalue weighted by molar-refractivity contribution is -0.0113. The van der Waals surface area contributed by atoms with Crippen molar-refractivity contribution in [1.29, 1.82) is 0 Å². The van der Waals surface area contributed by atoms with Crippen molar-refractivity contribution in [2.45, 2.75) is 70.1 Å². The van der Waals surface area contributed by atoms with Crippen LogP contribution in [-0.2, 0) is 4.74 Å². The summed E-state index contributed by atoms with van der Waals surface area (Å²) in [4.78, 5) is 0. The minimum Gasteiger partial charge on any atom is -0.378 e. The second kappa shape index (κ2) is 6.17. The zero-order valence-electron chi connectivity index (χ0n) is 11.4. The fraction of sp³-hybridized carbons (Fsp3) is 1.00. The van der Waals surface area contributed by atoms with Gasteiger partial charge in [0, 0.05) is 24.7 Å². The third-order valence-electron chi connectivity index (χ3n) is 4.29. The third-order valence-corrected chi connectivity index (χ3v) is 4.29. The maximum atomic E-state index is 5.60. The molecule has 1 aliphatic carbocycles. The normalized spacial score (nSPS) is 37.1. The Labute approximate surface area is 106 Å². The fourth-order valence-corrected chi connectivity index (χ4v) is 3.24. The van der Waals surface area contributed by atoms with Crippen LogP contribution in [0.1, 0.15) is 52.4 Å². The lowest BCUT2D eigenvalue weighted by Crippen LogP contribution is -2.54. The predicted molar refractivity (Wildman–Crippen MR) is 71.3 cm³/mol. The zero-order valence-corrected chi connectivity index (χ0v) is 11.4. The molecule has 17 heavy (non-hydrogen) atoms. The van der Waals surface area contributed by atoms with E-state index >= 15 is 0 Å². The summed E-state index contributed by atoms with van der Waals surface area (Å²) < 4.78 is 5.60. The molecule has 100 valence electrons. The predicted octanol–water partition coefficient (Wildman–Crippen LogP) is 2.07. The molecule has 3 heteroatoms. The summed E-state index contributed by atoms with van der Waals surface area (Å²) in [6.07, 6.45) is 8.20. The lowest BCUT2D eigenvalue weighted by Gasteiger charge is -2.39. The van der Waals surface area contributed by atoms with Gasteiger partial charge in [-0.15, -0.1) is 0 Å². The molecule has 0 aromatic heterocycles. The summed E-state index contributed by atoms with van der Waals surface area (Å²) in [6, 6.07) is 0.697. The largest absolute Gasteiger partial charge is 0.378 e. The third kappa shape index (κ3) is 3.43. The van der Waals surface area contributed by atoms with Crippen LogP contribution >= 0.6 is 0 Å². The van der Waals surface area contributed by atoms with Gasteiger partial charge >= 0.3 is 0 Å².